The molecule has 11 heteroatoms. The number of ether oxygens (including phenoxy) is 1. The third-order valence-corrected chi connectivity index (χ3v) is 9.29. The molecule has 174 valence electrons. The van der Waals surface area contributed by atoms with Gasteiger partial charge in [-0.25, -0.2) is 13.2 Å². The predicted octanol–water partition coefficient (Wildman–Crippen LogP) is 3.20. The van der Waals surface area contributed by atoms with Crippen LogP contribution in [0.15, 0.2) is 9.42 Å². The summed E-state index contributed by atoms with van der Waals surface area (Å²) in [5.41, 5.74) is 1.63. The van der Waals surface area contributed by atoms with Gasteiger partial charge in [0, 0.05) is 11.4 Å². The topological polar surface area (TPSA) is 119 Å². The Hall–Kier alpha value is -2.24. The number of carbonyl (C=O) groups excluding carboxylic acids is 2. The van der Waals surface area contributed by atoms with Gasteiger partial charge in [0.15, 0.2) is 5.76 Å². The van der Waals surface area contributed by atoms with Crippen LogP contribution in [0.1, 0.15) is 64.9 Å². The van der Waals surface area contributed by atoms with Gasteiger partial charge in [-0.3, -0.25) is 4.79 Å². The summed E-state index contributed by atoms with van der Waals surface area (Å²) in [6.45, 7) is 5.32. The molecule has 0 saturated carbocycles. The van der Waals surface area contributed by atoms with Crippen LogP contribution in [0.4, 0.5) is 5.00 Å². The van der Waals surface area contributed by atoms with Crippen molar-refractivity contribution in [1.29, 1.82) is 0 Å². The first-order valence-corrected chi connectivity index (χ1v) is 13.1. The van der Waals surface area contributed by atoms with Crippen LogP contribution in [0.2, 0.25) is 0 Å². The van der Waals surface area contributed by atoms with E-state index in [0.717, 1.165) is 36.1 Å². The van der Waals surface area contributed by atoms with E-state index in [1.807, 2.05) is 0 Å². The number of esters is 1. The van der Waals surface area contributed by atoms with Gasteiger partial charge in [0.2, 0.25) is 15.9 Å². The number of hydrogen-bond acceptors (Lipinski definition) is 8. The van der Waals surface area contributed by atoms with Gasteiger partial charge in [-0.05, 0) is 64.9 Å². The highest BCUT2D eigenvalue weighted by atomic mass is 32.2. The molecule has 0 bridgehead atoms. The fourth-order valence-corrected chi connectivity index (χ4v) is 7.75. The van der Waals surface area contributed by atoms with E-state index in [9.17, 15) is 18.0 Å². The van der Waals surface area contributed by atoms with Crippen molar-refractivity contribution in [2.45, 2.75) is 70.2 Å². The Morgan fingerprint density at radius 3 is 2.69 bits per heavy atom. The minimum atomic E-state index is -3.95. The van der Waals surface area contributed by atoms with Crippen molar-refractivity contribution in [2.24, 2.45) is 0 Å². The van der Waals surface area contributed by atoms with Crippen LogP contribution in [0.5, 0.6) is 0 Å². The summed E-state index contributed by atoms with van der Waals surface area (Å²) >= 11 is 1.39. The smallest absolute Gasteiger partial charge is 0.341 e. The van der Waals surface area contributed by atoms with Crippen LogP contribution < -0.4 is 5.32 Å². The Bertz CT molecular complexity index is 1130. The first-order chi connectivity index (χ1) is 15.3. The summed E-state index contributed by atoms with van der Waals surface area (Å²) in [6.07, 6.45) is 4.61. The van der Waals surface area contributed by atoms with Crippen LogP contribution in [0.25, 0.3) is 0 Å². The maximum absolute atomic E-state index is 13.3. The van der Waals surface area contributed by atoms with Crippen molar-refractivity contribution >= 4 is 38.2 Å². The zero-order valence-corrected chi connectivity index (χ0v) is 20.0. The molecule has 1 aliphatic heterocycles. The number of rotatable bonds is 6. The SMILES string of the molecule is CCOC(=O)c1c(NC(=O)C2CCCN2S(=O)(=O)c2c(C)noc2C)sc2c1CCCC2. The van der Waals surface area contributed by atoms with Gasteiger partial charge < -0.3 is 14.6 Å². The Kier molecular flexibility index (Phi) is 6.42. The fraction of sp³-hybridized carbons (Fsp3) is 0.571. The normalized spacial score (nSPS) is 19.0. The number of thiophene rings is 1. The van der Waals surface area contributed by atoms with E-state index < -0.39 is 27.9 Å². The number of fused-ring (bicyclic) bond motifs is 1. The summed E-state index contributed by atoms with van der Waals surface area (Å²) in [6, 6.07) is -0.872. The number of nitrogens with one attached hydrogen (secondary N) is 1. The van der Waals surface area contributed by atoms with E-state index in [-0.39, 0.29) is 29.5 Å². The molecular weight excluding hydrogens is 454 g/mol. The van der Waals surface area contributed by atoms with Gasteiger partial charge in [-0.1, -0.05) is 5.16 Å². The van der Waals surface area contributed by atoms with Crippen molar-refractivity contribution in [3.8, 4) is 0 Å². The molecule has 0 spiro atoms. The molecule has 1 saturated heterocycles. The van der Waals surface area contributed by atoms with Gasteiger partial charge >= 0.3 is 5.97 Å². The molecule has 32 heavy (non-hydrogen) atoms. The molecule has 0 aromatic carbocycles. The molecule has 2 aromatic rings. The average Bonchev–Trinajstić information content (AvgIpc) is 3.45. The predicted molar refractivity (Wildman–Crippen MR) is 118 cm³/mol. The maximum Gasteiger partial charge on any atom is 0.341 e. The van der Waals surface area contributed by atoms with Crippen LogP contribution in [0, 0.1) is 13.8 Å². The molecule has 1 aliphatic carbocycles. The highest BCUT2D eigenvalue weighted by Gasteiger charge is 2.42. The van der Waals surface area contributed by atoms with Crippen molar-refractivity contribution in [3.63, 3.8) is 0 Å². The lowest BCUT2D eigenvalue weighted by atomic mass is 9.95. The van der Waals surface area contributed by atoms with Crippen LogP contribution >= 0.6 is 11.3 Å². The van der Waals surface area contributed by atoms with Gasteiger partial charge in [-0.2, -0.15) is 4.31 Å². The lowest BCUT2D eigenvalue weighted by Crippen LogP contribution is -2.43. The van der Waals surface area contributed by atoms with Gasteiger partial charge in [0.05, 0.1) is 12.2 Å². The Morgan fingerprint density at radius 1 is 1.25 bits per heavy atom. The average molecular weight is 482 g/mol. The second-order valence-corrected chi connectivity index (χ2v) is 11.0. The quantitative estimate of drug-likeness (QED) is 0.629. The highest BCUT2D eigenvalue weighted by molar-refractivity contribution is 7.89. The number of nitrogens with zero attached hydrogens (tertiary/aromatic N) is 2. The Labute approximate surface area is 191 Å². The number of hydrogen-bond donors (Lipinski definition) is 1. The number of carbonyl (C=O) groups is 2. The van der Waals surface area contributed by atoms with E-state index >= 15 is 0 Å². The highest BCUT2D eigenvalue weighted by Crippen LogP contribution is 2.39. The first kappa shape index (κ1) is 22.9. The van der Waals surface area contributed by atoms with Crippen molar-refractivity contribution in [3.05, 3.63) is 27.5 Å². The summed E-state index contributed by atoms with van der Waals surface area (Å²) in [7, 11) is -3.95. The molecule has 1 N–H and O–H groups in total. The Morgan fingerprint density at radius 2 is 2.00 bits per heavy atom. The third-order valence-electron chi connectivity index (χ3n) is 5.93. The van der Waals surface area contributed by atoms with Gasteiger partial charge in [-0.15, -0.1) is 11.3 Å². The van der Waals surface area contributed by atoms with Crippen LogP contribution in [-0.2, 0) is 32.4 Å². The van der Waals surface area contributed by atoms with Gasteiger partial charge in [0.1, 0.15) is 21.6 Å². The summed E-state index contributed by atoms with van der Waals surface area (Å²) in [5.74, 6) is -0.695. The van der Waals surface area contributed by atoms with E-state index in [2.05, 4.69) is 10.5 Å². The molecule has 1 amide bonds. The second-order valence-electron chi connectivity index (χ2n) is 8.05. The number of sulfonamides is 1. The van der Waals surface area contributed by atoms with Crippen LogP contribution in [-0.4, -0.2) is 48.9 Å². The molecule has 3 heterocycles. The van der Waals surface area contributed by atoms with Crippen molar-refractivity contribution in [1.82, 2.24) is 9.46 Å². The minimum absolute atomic E-state index is 0.0102. The molecule has 9 nitrogen and oxygen atoms in total. The molecule has 2 aromatic heterocycles. The number of amides is 1. The summed E-state index contributed by atoms with van der Waals surface area (Å²) in [4.78, 5) is 27.0. The molecular formula is C21H27N3O6S2. The molecule has 1 fully saturated rings. The molecule has 4 rings (SSSR count). The monoisotopic (exact) mass is 481 g/mol. The van der Waals surface area contributed by atoms with Crippen molar-refractivity contribution in [2.75, 3.05) is 18.5 Å². The zero-order chi connectivity index (χ0) is 23.0. The summed E-state index contributed by atoms with van der Waals surface area (Å²) in [5, 5.41) is 7.05. The molecule has 2 aliphatic rings. The second kappa shape index (κ2) is 8.95. The zero-order valence-electron chi connectivity index (χ0n) is 18.4. The fourth-order valence-electron chi connectivity index (χ4n) is 4.52. The first-order valence-electron chi connectivity index (χ1n) is 10.8. The number of aromatic nitrogens is 1. The van der Waals surface area contributed by atoms with Gasteiger partial charge in [0.25, 0.3) is 0 Å². The molecule has 0 radical (unpaired) electrons. The molecule has 1 atom stereocenters. The summed E-state index contributed by atoms with van der Waals surface area (Å²) < 4.78 is 38.1. The van der Waals surface area contributed by atoms with E-state index in [0.29, 0.717) is 23.4 Å². The van der Waals surface area contributed by atoms with E-state index in [1.54, 1.807) is 20.8 Å². The minimum Gasteiger partial charge on any atom is -0.462 e. The standard InChI is InChI=1S/C21H27N3O6S2/c1-4-29-21(26)17-14-8-5-6-10-16(14)31-20(17)22-19(25)15-9-7-11-24(15)32(27,28)18-12(2)23-30-13(18)3/h15H,4-11H2,1-3H3,(H,22,25). The Balaban J connectivity index is 1.63. The lowest BCUT2D eigenvalue weighted by molar-refractivity contribution is -0.119. The number of anilines is 1. The van der Waals surface area contributed by atoms with Crippen molar-refractivity contribution < 1.29 is 27.3 Å². The van der Waals surface area contributed by atoms with Crippen LogP contribution in [0.3, 0.4) is 0 Å². The molecule has 1 unspecified atom stereocenters. The lowest BCUT2D eigenvalue weighted by Gasteiger charge is -2.23. The van der Waals surface area contributed by atoms with E-state index in [4.69, 9.17) is 9.26 Å². The maximum atomic E-state index is 13.3. The third kappa shape index (κ3) is 3.97. The van der Waals surface area contributed by atoms with E-state index in [1.165, 1.54) is 15.6 Å². The largest absolute Gasteiger partial charge is 0.462 e. The number of aryl methyl sites for hydroxylation is 3.